The maximum atomic E-state index is 11.4. The second kappa shape index (κ2) is 6.22. The van der Waals surface area contributed by atoms with Gasteiger partial charge in [-0.2, -0.15) is 0 Å². The van der Waals surface area contributed by atoms with Crippen molar-refractivity contribution in [1.82, 2.24) is 5.32 Å². The van der Waals surface area contributed by atoms with Gasteiger partial charge in [0.15, 0.2) is 0 Å². The third-order valence-corrected chi connectivity index (χ3v) is 1.80. The number of carbonyl (C=O) groups is 3. The minimum absolute atomic E-state index is 0.268. The van der Waals surface area contributed by atoms with Crippen LogP contribution in [0.25, 0.3) is 0 Å². The zero-order valence-electron chi connectivity index (χ0n) is 10.6. The highest BCUT2D eigenvalue weighted by Crippen LogP contribution is 2.08. The monoisotopic (exact) mass is 245 g/mol. The molecule has 17 heavy (non-hydrogen) atoms. The summed E-state index contributed by atoms with van der Waals surface area (Å²) in [5, 5.41) is 10.8. The average Bonchev–Trinajstić information content (AvgIpc) is 2.12. The molecule has 0 rings (SSSR count). The number of amides is 1. The summed E-state index contributed by atoms with van der Waals surface area (Å²) < 4.78 is 4.95. The van der Waals surface area contributed by atoms with Gasteiger partial charge in [0.1, 0.15) is 11.6 Å². The Hall–Kier alpha value is -1.59. The number of nitrogens with one attached hydrogen (secondary N) is 1. The molecule has 0 aromatic carbocycles. The Morgan fingerprint density at radius 3 is 2.18 bits per heavy atom. The molecule has 0 aliphatic rings. The van der Waals surface area contributed by atoms with E-state index in [9.17, 15) is 14.4 Å². The first-order valence-electron chi connectivity index (χ1n) is 5.44. The summed E-state index contributed by atoms with van der Waals surface area (Å²) in [5.41, 5.74) is -0.687. The predicted octanol–water partition coefficient (Wildman–Crippen LogP) is 1.33. The smallest absolute Gasteiger partial charge is 0.408 e. The molecule has 2 N–H and O–H groups in total. The van der Waals surface area contributed by atoms with Gasteiger partial charge in [0.2, 0.25) is 0 Å². The number of alkyl carbamates (subject to hydrolysis) is 1. The van der Waals surface area contributed by atoms with Crippen LogP contribution in [0.5, 0.6) is 0 Å². The van der Waals surface area contributed by atoms with E-state index in [2.05, 4.69) is 5.32 Å². The molecular formula is C11H19NO5. The van der Waals surface area contributed by atoms with Crippen molar-refractivity contribution in [3.8, 4) is 0 Å². The number of aliphatic carboxylic acids is 1. The van der Waals surface area contributed by atoms with Crippen LogP contribution in [-0.2, 0) is 14.3 Å². The third kappa shape index (κ3) is 6.55. The molecule has 6 nitrogen and oxygen atoms in total. The van der Waals surface area contributed by atoms with E-state index < -0.39 is 29.5 Å². The van der Waals surface area contributed by atoms with E-state index in [0.717, 1.165) is 0 Å². The van der Waals surface area contributed by atoms with E-state index in [0.29, 0.717) is 6.42 Å². The molecule has 1 amide bonds. The van der Waals surface area contributed by atoms with E-state index in [-0.39, 0.29) is 6.42 Å². The summed E-state index contributed by atoms with van der Waals surface area (Å²) >= 11 is 0. The van der Waals surface area contributed by atoms with Crippen molar-refractivity contribution in [1.29, 1.82) is 0 Å². The molecule has 98 valence electrons. The van der Waals surface area contributed by atoms with Gasteiger partial charge < -0.3 is 15.2 Å². The molecule has 0 aliphatic carbocycles. The highest BCUT2D eigenvalue weighted by molar-refractivity contribution is 6.35. The number of rotatable bonds is 5. The average molecular weight is 245 g/mol. The van der Waals surface area contributed by atoms with Crippen LogP contribution in [0.15, 0.2) is 0 Å². The lowest BCUT2D eigenvalue weighted by Gasteiger charge is -2.22. The molecule has 0 unspecified atom stereocenters. The van der Waals surface area contributed by atoms with Gasteiger partial charge in [-0.3, -0.25) is 4.79 Å². The summed E-state index contributed by atoms with van der Waals surface area (Å²) in [4.78, 5) is 33.2. The van der Waals surface area contributed by atoms with Gasteiger partial charge in [-0.15, -0.1) is 0 Å². The van der Waals surface area contributed by atoms with E-state index in [1.807, 2.05) is 0 Å². The van der Waals surface area contributed by atoms with Crippen LogP contribution in [0.3, 0.4) is 0 Å². The van der Waals surface area contributed by atoms with Gasteiger partial charge in [0.05, 0.1) is 0 Å². The first-order chi connectivity index (χ1) is 7.67. The molecule has 0 spiro atoms. The first kappa shape index (κ1) is 15.4. The summed E-state index contributed by atoms with van der Waals surface area (Å²) in [7, 11) is 0. The summed E-state index contributed by atoms with van der Waals surface area (Å²) in [6.45, 7) is 6.83. The fourth-order valence-corrected chi connectivity index (χ4v) is 1.16. The Kier molecular flexibility index (Phi) is 5.64. The van der Waals surface area contributed by atoms with Gasteiger partial charge in [0, 0.05) is 0 Å². The number of hydrogen-bond acceptors (Lipinski definition) is 4. The number of carboxylic acid groups (broad SMARTS) is 1. The van der Waals surface area contributed by atoms with Crippen LogP contribution in [0.1, 0.15) is 40.5 Å². The van der Waals surface area contributed by atoms with Gasteiger partial charge in [-0.1, -0.05) is 13.3 Å². The lowest BCUT2D eigenvalue weighted by atomic mass is 10.1. The maximum absolute atomic E-state index is 11.4. The Balaban J connectivity index is 4.50. The third-order valence-electron chi connectivity index (χ3n) is 1.80. The predicted molar refractivity (Wildman–Crippen MR) is 60.7 cm³/mol. The minimum Gasteiger partial charge on any atom is -0.475 e. The number of ketones is 1. The van der Waals surface area contributed by atoms with Gasteiger partial charge in [0.25, 0.3) is 5.78 Å². The van der Waals surface area contributed by atoms with Crippen LogP contribution in [0, 0.1) is 0 Å². The van der Waals surface area contributed by atoms with Crippen LogP contribution in [-0.4, -0.2) is 34.6 Å². The molecule has 0 heterocycles. The topological polar surface area (TPSA) is 92.7 Å². The van der Waals surface area contributed by atoms with E-state index in [4.69, 9.17) is 9.84 Å². The lowest BCUT2D eigenvalue weighted by molar-refractivity contribution is -0.150. The van der Waals surface area contributed by atoms with Crippen molar-refractivity contribution < 1.29 is 24.2 Å². The lowest BCUT2D eigenvalue weighted by Crippen LogP contribution is -2.45. The summed E-state index contributed by atoms with van der Waals surface area (Å²) in [6.07, 6.45) is 0.0645. The number of carboxylic acids is 1. The summed E-state index contributed by atoms with van der Waals surface area (Å²) in [6, 6.07) is -1.03. The second-order valence-electron chi connectivity index (χ2n) is 4.66. The van der Waals surface area contributed by atoms with Crippen molar-refractivity contribution in [3.05, 3.63) is 0 Å². The zero-order valence-corrected chi connectivity index (χ0v) is 10.6. The fraction of sp³-hybridized carbons (Fsp3) is 0.727. The Labute approximate surface area is 100 Å². The molecule has 0 aliphatic heterocycles. The molecule has 0 radical (unpaired) electrons. The van der Waals surface area contributed by atoms with Gasteiger partial charge >= 0.3 is 12.1 Å². The van der Waals surface area contributed by atoms with Gasteiger partial charge in [-0.05, 0) is 27.2 Å². The van der Waals surface area contributed by atoms with E-state index in [1.54, 1.807) is 27.7 Å². The number of ether oxygens (including phenoxy) is 1. The molecule has 0 saturated carbocycles. The number of carbonyl (C=O) groups excluding carboxylic acids is 2. The highest BCUT2D eigenvalue weighted by Gasteiger charge is 2.27. The standard InChI is InChI=1S/C11H19NO5/c1-5-6-7(8(13)9(14)15)12-10(16)17-11(2,3)4/h7H,5-6H2,1-4H3,(H,12,16)(H,14,15)/t7-/m0/s1. The second-order valence-corrected chi connectivity index (χ2v) is 4.66. The Morgan fingerprint density at radius 1 is 1.29 bits per heavy atom. The number of hydrogen-bond donors (Lipinski definition) is 2. The largest absolute Gasteiger partial charge is 0.475 e. The molecule has 0 bridgehead atoms. The van der Waals surface area contributed by atoms with Crippen molar-refractivity contribution in [2.24, 2.45) is 0 Å². The Bertz CT molecular complexity index is 305. The molecule has 0 fully saturated rings. The van der Waals surface area contributed by atoms with Crippen molar-refractivity contribution in [2.75, 3.05) is 0 Å². The summed E-state index contributed by atoms with van der Waals surface area (Å²) in [5.74, 6) is -2.59. The minimum atomic E-state index is -1.56. The number of Topliss-reactive ketones (excluding diaryl/α,β-unsaturated/α-hetero) is 1. The highest BCUT2D eigenvalue weighted by atomic mass is 16.6. The SMILES string of the molecule is CCC[C@H](NC(=O)OC(C)(C)C)C(=O)C(=O)O. The maximum Gasteiger partial charge on any atom is 0.408 e. The quantitative estimate of drug-likeness (QED) is 0.713. The van der Waals surface area contributed by atoms with Crippen LogP contribution in [0.2, 0.25) is 0 Å². The molecule has 6 heteroatoms. The van der Waals surface area contributed by atoms with Crippen molar-refractivity contribution in [3.63, 3.8) is 0 Å². The first-order valence-corrected chi connectivity index (χ1v) is 5.44. The Morgan fingerprint density at radius 2 is 1.82 bits per heavy atom. The molecule has 1 atom stereocenters. The molecule has 0 aromatic rings. The van der Waals surface area contributed by atoms with Crippen LogP contribution in [0.4, 0.5) is 4.79 Å². The normalized spacial score (nSPS) is 12.7. The van der Waals surface area contributed by atoms with Crippen molar-refractivity contribution >= 4 is 17.8 Å². The van der Waals surface area contributed by atoms with Crippen LogP contribution < -0.4 is 5.32 Å². The van der Waals surface area contributed by atoms with E-state index >= 15 is 0 Å². The zero-order chi connectivity index (χ0) is 13.6. The van der Waals surface area contributed by atoms with Gasteiger partial charge in [-0.25, -0.2) is 9.59 Å². The van der Waals surface area contributed by atoms with Crippen LogP contribution >= 0.6 is 0 Å². The molecule has 0 saturated heterocycles. The molecule has 0 aromatic heterocycles. The van der Waals surface area contributed by atoms with E-state index in [1.165, 1.54) is 0 Å². The van der Waals surface area contributed by atoms with Crippen molar-refractivity contribution in [2.45, 2.75) is 52.2 Å². The molecular weight excluding hydrogens is 226 g/mol. The fourth-order valence-electron chi connectivity index (χ4n) is 1.16.